The highest BCUT2D eigenvalue weighted by Gasteiger charge is 2.17. The van der Waals surface area contributed by atoms with Crippen LogP contribution in [0.15, 0.2) is 12.1 Å². The second-order valence-electron chi connectivity index (χ2n) is 3.64. The minimum Gasteiger partial charge on any atom is -0.480 e. The van der Waals surface area contributed by atoms with E-state index in [4.69, 9.17) is 11.5 Å². The Hall–Kier alpha value is -2.69. The van der Waals surface area contributed by atoms with Crippen molar-refractivity contribution >= 4 is 17.7 Å². The zero-order valence-electron chi connectivity index (χ0n) is 9.99. The Morgan fingerprint density at radius 2 is 1.85 bits per heavy atom. The van der Waals surface area contributed by atoms with Gasteiger partial charge < -0.3 is 15.3 Å². The molecule has 2 N–H and O–H groups in total. The van der Waals surface area contributed by atoms with Gasteiger partial charge in [0.1, 0.15) is 6.54 Å². The van der Waals surface area contributed by atoms with Gasteiger partial charge in [-0.25, -0.2) is 18.0 Å². The number of hydrogen-bond donors (Lipinski definition) is 2. The van der Waals surface area contributed by atoms with Crippen LogP contribution in [0, 0.1) is 29.8 Å². The monoisotopic (exact) mass is 286 g/mol. The summed E-state index contributed by atoms with van der Waals surface area (Å²) in [4.78, 5) is 22.9. The Balaban J connectivity index is 2.88. The Labute approximate surface area is 112 Å². The average molecular weight is 286 g/mol. The van der Waals surface area contributed by atoms with Crippen molar-refractivity contribution in [3.8, 4) is 12.3 Å². The summed E-state index contributed by atoms with van der Waals surface area (Å²) in [6.45, 7) is -1.01. The molecular weight excluding hydrogens is 277 g/mol. The number of carboxylic acid groups (broad SMARTS) is 1. The Bertz CT molecular complexity index is 561. The van der Waals surface area contributed by atoms with E-state index >= 15 is 0 Å². The maximum absolute atomic E-state index is 12.9. The van der Waals surface area contributed by atoms with Crippen LogP contribution in [0.5, 0.6) is 0 Å². The smallest absolute Gasteiger partial charge is 0.323 e. The van der Waals surface area contributed by atoms with E-state index in [-0.39, 0.29) is 12.2 Å². The first-order valence-electron chi connectivity index (χ1n) is 5.21. The quantitative estimate of drug-likeness (QED) is 0.653. The molecule has 0 unspecified atom stereocenters. The van der Waals surface area contributed by atoms with E-state index < -0.39 is 36.0 Å². The third-order valence-corrected chi connectivity index (χ3v) is 2.13. The molecule has 0 aliphatic carbocycles. The van der Waals surface area contributed by atoms with E-state index in [0.717, 1.165) is 4.90 Å². The van der Waals surface area contributed by atoms with E-state index in [0.29, 0.717) is 12.1 Å². The molecule has 0 fully saturated rings. The molecule has 106 valence electrons. The topological polar surface area (TPSA) is 69.6 Å². The molecule has 1 aromatic carbocycles. The van der Waals surface area contributed by atoms with Gasteiger partial charge in [-0.15, -0.1) is 6.42 Å². The lowest BCUT2D eigenvalue weighted by Gasteiger charge is -2.18. The number of carbonyl (C=O) groups excluding carboxylic acids is 1. The number of nitrogens with zero attached hydrogens (tertiary/aromatic N) is 1. The van der Waals surface area contributed by atoms with Gasteiger partial charge >= 0.3 is 12.0 Å². The van der Waals surface area contributed by atoms with Crippen LogP contribution < -0.4 is 5.32 Å². The molecule has 2 amide bonds. The van der Waals surface area contributed by atoms with Gasteiger partial charge in [0.25, 0.3) is 0 Å². The SMILES string of the molecule is C#CCN(CC(=O)O)C(=O)Nc1cc(F)c(F)c(F)c1. The number of rotatable bonds is 4. The molecule has 0 spiro atoms. The van der Waals surface area contributed by atoms with Gasteiger partial charge in [-0.1, -0.05) is 5.92 Å². The van der Waals surface area contributed by atoms with Crippen LogP contribution >= 0.6 is 0 Å². The lowest BCUT2D eigenvalue weighted by molar-refractivity contribution is -0.137. The lowest BCUT2D eigenvalue weighted by Crippen LogP contribution is -2.39. The van der Waals surface area contributed by atoms with Gasteiger partial charge in [-0.2, -0.15) is 0 Å². The van der Waals surface area contributed by atoms with E-state index in [9.17, 15) is 22.8 Å². The second-order valence-corrected chi connectivity index (χ2v) is 3.64. The second kappa shape index (κ2) is 6.47. The normalized spacial score (nSPS) is 9.70. The van der Waals surface area contributed by atoms with Crippen molar-refractivity contribution in [2.75, 3.05) is 18.4 Å². The molecule has 0 heterocycles. The Morgan fingerprint density at radius 3 is 2.30 bits per heavy atom. The Morgan fingerprint density at radius 1 is 1.30 bits per heavy atom. The number of halogens is 3. The predicted molar refractivity (Wildman–Crippen MR) is 63.4 cm³/mol. The summed E-state index contributed by atoms with van der Waals surface area (Å²) in [6.07, 6.45) is 4.97. The van der Waals surface area contributed by atoms with E-state index in [1.807, 2.05) is 5.32 Å². The fourth-order valence-corrected chi connectivity index (χ4v) is 1.30. The van der Waals surface area contributed by atoms with Gasteiger partial charge in [0.15, 0.2) is 17.5 Å². The molecule has 0 radical (unpaired) electrons. The fraction of sp³-hybridized carbons (Fsp3) is 0.167. The molecule has 1 rings (SSSR count). The molecule has 5 nitrogen and oxygen atoms in total. The van der Waals surface area contributed by atoms with Gasteiger partial charge in [-0.3, -0.25) is 4.79 Å². The standard InChI is InChI=1S/C12H9F3N2O3/c1-2-3-17(6-10(18)19)12(20)16-7-4-8(13)11(15)9(14)5-7/h1,4-5H,3,6H2,(H,16,20)(H,18,19). The largest absolute Gasteiger partial charge is 0.480 e. The highest BCUT2D eigenvalue weighted by molar-refractivity contribution is 5.91. The van der Waals surface area contributed by atoms with Gasteiger partial charge in [-0.05, 0) is 0 Å². The van der Waals surface area contributed by atoms with Crippen LogP contribution in [0.4, 0.5) is 23.7 Å². The van der Waals surface area contributed by atoms with Crippen molar-refractivity contribution in [1.82, 2.24) is 4.90 Å². The molecule has 1 aromatic rings. The summed E-state index contributed by atoms with van der Waals surface area (Å²) < 4.78 is 38.6. The van der Waals surface area contributed by atoms with Gasteiger partial charge in [0.2, 0.25) is 0 Å². The first kappa shape index (κ1) is 15.4. The van der Waals surface area contributed by atoms with E-state index in [1.54, 1.807) is 0 Å². The number of benzene rings is 1. The molecule has 0 aliphatic heterocycles. The maximum Gasteiger partial charge on any atom is 0.323 e. The number of nitrogens with one attached hydrogen (secondary N) is 1. The average Bonchev–Trinajstić information content (AvgIpc) is 2.34. The van der Waals surface area contributed by atoms with E-state index in [1.165, 1.54) is 0 Å². The van der Waals surface area contributed by atoms with Crippen LogP contribution in [0.2, 0.25) is 0 Å². The summed E-state index contributed by atoms with van der Waals surface area (Å²) >= 11 is 0. The summed E-state index contributed by atoms with van der Waals surface area (Å²) in [5, 5.41) is 10.6. The molecule has 0 aliphatic rings. The lowest BCUT2D eigenvalue weighted by atomic mass is 10.3. The molecule has 0 saturated heterocycles. The number of carbonyl (C=O) groups is 2. The summed E-state index contributed by atoms with van der Waals surface area (Å²) in [5.74, 6) is -3.89. The zero-order chi connectivity index (χ0) is 15.3. The number of aliphatic carboxylic acids is 1. The molecule has 8 heteroatoms. The summed E-state index contributed by atoms with van der Waals surface area (Å²) in [6, 6.07) is 0.145. The maximum atomic E-state index is 12.9. The highest BCUT2D eigenvalue weighted by atomic mass is 19.2. The van der Waals surface area contributed by atoms with Crippen molar-refractivity contribution in [2.24, 2.45) is 0 Å². The molecule has 0 aromatic heterocycles. The molecule has 20 heavy (non-hydrogen) atoms. The van der Waals surface area contributed by atoms with Crippen molar-refractivity contribution in [2.45, 2.75) is 0 Å². The van der Waals surface area contributed by atoms with Crippen molar-refractivity contribution < 1.29 is 27.9 Å². The summed E-state index contributed by atoms with van der Waals surface area (Å²) in [5.41, 5.74) is -0.362. The molecule has 0 atom stereocenters. The van der Waals surface area contributed by atoms with Crippen LogP contribution in [0.3, 0.4) is 0 Å². The highest BCUT2D eigenvalue weighted by Crippen LogP contribution is 2.17. The van der Waals surface area contributed by atoms with Crippen molar-refractivity contribution in [3.05, 3.63) is 29.6 Å². The van der Waals surface area contributed by atoms with Crippen LogP contribution in [-0.2, 0) is 4.79 Å². The molecular formula is C12H9F3N2O3. The van der Waals surface area contributed by atoms with Crippen LogP contribution in [0.1, 0.15) is 0 Å². The first-order chi connectivity index (χ1) is 9.35. The van der Waals surface area contributed by atoms with Crippen LogP contribution in [0.25, 0.3) is 0 Å². The fourth-order valence-electron chi connectivity index (χ4n) is 1.30. The zero-order valence-corrected chi connectivity index (χ0v) is 9.99. The van der Waals surface area contributed by atoms with Gasteiger partial charge in [0.05, 0.1) is 6.54 Å². The number of urea groups is 1. The molecule has 0 saturated carbocycles. The number of amides is 2. The number of terminal acetylenes is 1. The predicted octanol–water partition coefficient (Wildman–Crippen LogP) is 1.66. The minimum absolute atomic E-state index is 0.315. The number of anilines is 1. The minimum atomic E-state index is -1.67. The third-order valence-electron chi connectivity index (χ3n) is 2.13. The van der Waals surface area contributed by atoms with Crippen LogP contribution in [-0.4, -0.2) is 35.1 Å². The molecule has 0 bridgehead atoms. The third kappa shape index (κ3) is 3.91. The number of carboxylic acids is 1. The van der Waals surface area contributed by atoms with E-state index in [2.05, 4.69) is 5.92 Å². The van der Waals surface area contributed by atoms with Crippen molar-refractivity contribution in [3.63, 3.8) is 0 Å². The first-order valence-corrected chi connectivity index (χ1v) is 5.21. The Kier molecular flexibility index (Phi) is 4.97. The summed E-state index contributed by atoms with van der Waals surface area (Å²) in [7, 11) is 0. The van der Waals surface area contributed by atoms with Crippen molar-refractivity contribution in [1.29, 1.82) is 0 Å². The number of hydrogen-bond acceptors (Lipinski definition) is 2. The van der Waals surface area contributed by atoms with Gasteiger partial charge in [0, 0.05) is 17.8 Å².